The van der Waals surface area contributed by atoms with Crippen molar-refractivity contribution >= 4 is 28.8 Å². The Morgan fingerprint density at radius 3 is 2.83 bits per heavy atom. The molecular weight excluding hydrogens is 316 g/mol. The molecular formula is C16H15ClN4O2. The molecule has 0 aromatic carbocycles. The van der Waals surface area contributed by atoms with Gasteiger partial charge in [-0.15, -0.1) is 0 Å². The van der Waals surface area contributed by atoms with Crippen molar-refractivity contribution in [3.05, 3.63) is 29.6 Å². The van der Waals surface area contributed by atoms with E-state index in [-0.39, 0.29) is 23.7 Å². The summed E-state index contributed by atoms with van der Waals surface area (Å²) in [4.78, 5) is 35.5. The van der Waals surface area contributed by atoms with Gasteiger partial charge in [-0.1, -0.05) is 11.6 Å². The highest BCUT2D eigenvalue weighted by molar-refractivity contribution is 6.32. The first-order valence-corrected chi connectivity index (χ1v) is 8.32. The lowest BCUT2D eigenvalue weighted by Gasteiger charge is -2.33. The number of halogens is 1. The Kier molecular flexibility index (Phi) is 2.53. The number of carbonyl (C=O) groups excluding carboxylic acids is 2. The van der Waals surface area contributed by atoms with Crippen molar-refractivity contribution in [2.24, 2.45) is 5.41 Å². The van der Waals surface area contributed by atoms with Crippen LogP contribution >= 0.6 is 11.6 Å². The second-order valence-corrected chi connectivity index (χ2v) is 7.14. The Labute approximate surface area is 137 Å². The molecule has 2 atom stereocenters. The number of amides is 1. The molecule has 118 valence electrons. The molecule has 2 aliphatic heterocycles. The quantitative estimate of drug-likeness (QED) is 0.748. The van der Waals surface area contributed by atoms with Gasteiger partial charge in [0.2, 0.25) is 5.91 Å². The molecule has 4 heterocycles. The van der Waals surface area contributed by atoms with Gasteiger partial charge in [0.1, 0.15) is 16.8 Å². The van der Waals surface area contributed by atoms with Crippen LogP contribution < -0.4 is 0 Å². The number of imidazole rings is 1. The van der Waals surface area contributed by atoms with Crippen LogP contribution in [0.3, 0.4) is 0 Å². The molecule has 1 saturated carbocycles. The summed E-state index contributed by atoms with van der Waals surface area (Å²) in [7, 11) is 0. The van der Waals surface area contributed by atoms with Gasteiger partial charge in [0.25, 0.3) is 0 Å². The van der Waals surface area contributed by atoms with Crippen LogP contribution in [0.2, 0.25) is 5.15 Å². The Balaban J connectivity index is 1.50. The van der Waals surface area contributed by atoms with Crippen molar-refractivity contribution in [3.8, 4) is 0 Å². The maximum atomic E-state index is 12.6. The van der Waals surface area contributed by atoms with Gasteiger partial charge in [0, 0.05) is 24.9 Å². The molecule has 2 aromatic heterocycles. The molecule has 1 amide bonds. The number of fused-ring (bicyclic) bond motifs is 2. The van der Waals surface area contributed by atoms with Crippen molar-refractivity contribution in [1.82, 2.24) is 19.3 Å². The van der Waals surface area contributed by atoms with Crippen molar-refractivity contribution in [2.45, 2.75) is 37.6 Å². The molecule has 1 spiro atoms. The molecule has 7 heteroatoms. The first-order chi connectivity index (χ1) is 11.1. The third-order valence-corrected chi connectivity index (χ3v) is 5.87. The monoisotopic (exact) mass is 330 g/mol. The van der Waals surface area contributed by atoms with E-state index in [0.29, 0.717) is 11.7 Å². The highest BCUT2D eigenvalue weighted by Gasteiger charge is 2.66. The summed E-state index contributed by atoms with van der Waals surface area (Å²) in [5, 5.41) is 0.421. The lowest BCUT2D eigenvalue weighted by atomic mass is 9.90. The van der Waals surface area contributed by atoms with Crippen molar-refractivity contribution in [2.75, 3.05) is 6.54 Å². The topological polar surface area (TPSA) is 67.6 Å². The van der Waals surface area contributed by atoms with Crippen LogP contribution in [0.25, 0.3) is 5.52 Å². The highest BCUT2D eigenvalue weighted by Crippen LogP contribution is 2.55. The molecule has 6 nitrogen and oxygen atoms in total. The fourth-order valence-electron chi connectivity index (χ4n) is 4.18. The molecule has 2 saturated heterocycles. The lowest BCUT2D eigenvalue weighted by molar-refractivity contribution is -0.134. The smallest absolute Gasteiger partial charge is 0.236 e. The maximum Gasteiger partial charge on any atom is 0.236 e. The van der Waals surface area contributed by atoms with E-state index in [1.807, 2.05) is 10.6 Å². The number of carbonyl (C=O) groups is 2. The van der Waals surface area contributed by atoms with Gasteiger partial charge in [0.05, 0.1) is 12.2 Å². The zero-order valence-corrected chi connectivity index (χ0v) is 13.2. The number of rotatable bonds is 1. The van der Waals surface area contributed by atoms with Crippen LogP contribution in [0.1, 0.15) is 37.4 Å². The van der Waals surface area contributed by atoms with Gasteiger partial charge in [-0.2, -0.15) is 0 Å². The fourth-order valence-corrected chi connectivity index (χ4v) is 4.38. The van der Waals surface area contributed by atoms with E-state index < -0.39 is 5.41 Å². The summed E-state index contributed by atoms with van der Waals surface area (Å²) >= 11 is 6.11. The third-order valence-electron chi connectivity index (χ3n) is 5.58. The van der Waals surface area contributed by atoms with E-state index in [9.17, 15) is 9.59 Å². The molecule has 3 aliphatic rings. The molecule has 5 rings (SSSR count). The SMILES string of the molecule is O=C1[C@@H]2CC[C@H](c3ncc4c(Cl)nccn34)CN2C(=O)C12CC2. The minimum Gasteiger partial charge on any atom is -0.331 e. The molecule has 1 aliphatic carbocycles. The zero-order valence-electron chi connectivity index (χ0n) is 12.4. The van der Waals surface area contributed by atoms with Crippen LogP contribution in [-0.2, 0) is 9.59 Å². The Bertz CT molecular complexity index is 857. The predicted octanol–water partition coefficient (Wildman–Crippen LogP) is 1.82. The minimum atomic E-state index is -0.651. The zero-order chi connectivity index (χ0) is 15.8. The maximum absolute atomic E-state index is 12.6. The van der Waals surface area contributed by atoms with Crippen LogP contribution in [0.15, 0.2) is 18.6 Å². The van der Waals surface area contributed by atoms with E-state index in [1.165, 1.54) is 0 Å². The average molecular weight is 331 g/mol. The van der Waals surface area contributed by atoms with Gasteiger partial charge in [-0.25, -0.2) is 9.97 Å². The lowest BCUT2D eigenvalue weighted by Crippen LogP contribution is -2.43. The second kappa shape index (κ2) is 4.32. The number of hydrogen-bond donors (Lipinski definition) is 0. The van der Waals surface area contributed by atoms with Gasteiger partial charge in [-0.3, -0.25) is 14.0 Å². The predicted molar refractivity (Wildman–Crippen MR) is 82.1 cm³/mol. The average Bonchev–Trinajstić information content (AvgIpc) is 3.21. The molecule has 0 N–H and O–H groups in total. The van der Waals surface area contributed by atoms with Crippen LogP contribution in [0, 0.1) is 5.41 Å². The first-order valence-electron chi connectivity index (χ1n) is 7.95. The molecule has 2 aromatic rings. The van der Waals surface area contributed by atoms with E-state index in [2.05, 4.69) is 9.97 Å². The molecule has 3 fully saturated rings. The summed E-state index contributed by atoms with van der Waals surface area (Å²) in [6.07, 6.45) is 8.26. The Hall–Kier alpha value is -1.95. The van der Waals surface area contributed by atoms with E-state index >= 15 is 0 Å². The van der Waals surface area contributed by atoms with Crippen LogP contribution in [0.4, 0.5) is 0 Å². The van der Waals surface area contributed by atoms with Crippen molar-refractivity contribution < 1.29 is 9.59 Å². The van der Waals surface area contributed by atoms with Crippen molar-refractivity contribution in [1.29, 1.82) is 0 Å². The third kappa shape index (κ3) is 1.64. The number of Topliss-reactive ketones (excluding diaryl/α,β-unsaturated/α-hetero) is 1. The van der Waals surface area contributed by atoms with E-state index in [4.69, 9.17) is 11.6 Å². The number of nitrogens with zero attached hydrogens (tertiary/aromatic N) is 4. The second-order valence-electron chi connectivity index (χ2n) is 6.78. The largest absolute Gasteiger partial charge is 0.331 e. The number of piperidine rings is 1. The summed E-state index contributed by atoms with van der Waals surface area (Å²) < 4.78 is 1.94. The summed E-state index contributed by atoms with van der Waals surface area (Å²) in [5.41, 5.74) is 0.121. The molecule has 23 heavy (non-hydrogen) atoms. The Morgan fingerprint density at radius 2 is 2.04 bits per heavy atom. The summed E-state index contributed by atoms with van der Waals surface area (Å²) in [6, 6.07) is -0.210. The van der Waals surface area contributed by atoms with Crippen molar-refractivity contribution in [3.63, 3.8) is 0 Å². The highest BCUT2D eigenvalue weighted by atomic mass is 35.5. The van der Waals surface area contributed by atoms with Crippen LogP contribution in [0.5, 0.6) is 0 Å². The summed E-state index contributed by atoms with van der Waals surface area (Å²) in [6.45, 7) is 0.566. The molecule has 0 unspecified atom stereocenters. The number of hydrogen-bond acceptors (Lipinski definition) is 4. The Morgan fingerprint density at radius 1 is 1.22 bits per heavy atom. The van der Waals surface area contributed by atoms with Gasteiger partial charge in [-0.05, 0) is 25.7 Å². The van der Waals surface area contributed by atoms with Gasteiger partial charge >= 0.3 is 0 Å². The van der Waals surface area contributed by atoms with Crippen LogP contribution in [-0.4, -0.2) is 43.5 Å². The summed E-state index contributed by atoms with van der Waals surface area (Å²) in [5.74, 6) is 1.21. The van der Waals surface area contributed by atoms with Gasteiger partial charge in [0.15, 0.2) is 10.9 Å². The first kappa shape index (κ1) is 13.5. The number of ketones is 1. The fraction of sp³-hybridized carbons (Fsp3) is 0.500. The molecule has 0 radical (unpaired) electrons. The number of aromatic nitrogens is 3. The minimum absolute atomic E-state index is 0.0396. The normalized spacial score (nSPS) is 28.7. The van der Waals surface area contributed by atoms with E-state index in [1.54, 1.807) is 17.3 Å². The van der Waals surface area contributed by atoms with E-state index in [0.717, 1.165) is 37.0 Å². The standard InChI is InChI=1S/C16H15ClN4O2/c17-13-11-7-19-14(20(11)6-5-18-13)9-1-2-10-12(22)16(3-4-16)15(23)21(10)8-9/h5-7,9-10H,1-4,8H2/t9-,10-/m0/s1. The van der Waals surface area contributed by atoms with Gasteiger partial charge < -0.3 is 4.90 Å². The molecule has 0 bridgehead atoms.